The number of rotatable bonds is 6. The van der Waals surface area contributed by atoms with Crippen molar-refractivity contribution in [3.8, 4) is 0 Å². The van der Waals surface area contributed by atoms with Crippen LogP contribution in [0, 0.1) is 0 Å². The molecule has 0 spiro atoms. The number of aromatic nitrogens is 1. The zero-order valence-electron chi connectivity index (χ0n) is 11.9. The lowest BCUT2D eigenvalue weighted by atomic mass is 10.1. The Labute approximate surface area is 146 Å². The van der Waals surface area contributed by atoms with Gasteiger partial charge >= 0.3 is 0 Å². The van der Waals surface area contributed by atoms with Gasteiger partial charge < -0.3 is 5.11 Å². The summed E-state index contributed by atoms with van der Waals surface area (Å²) in [5.41, 5.74) is 2.67. The van der Waals surface area contributed by atoms with Gasteiger partial charge in [0.15, 0.2) is 0 Å². The lowest BCUT2D eigenvalue weighted by Gasteiger charge is -1.99. The summed E-state index contributed by atoms with van der Waals surface area (Å²) in [6.45, 7) is 4.30. The van der Waals surface area contributed by atoms with Crippen molar-refractivity contribution in [1.29, 1.82) is 0 Å². The molecule has 1 aromatic carbocycles. The largest absolute Gasteiger partial charge is 0.396 e. The van der Waals surface area contributed by atoms with Gasteiger partial charge in [-0.25, -0.2) is 0 Å². The summed E-state index contributed by atoms with van der Waals surface area (Å²) in [6.07, 6.45) is 6.44. The minimum Gasteiger partial charge on any atom is -0.396 e. The Bertz CT molecular complexity index is 530. The minimum absolute atomic E-state index is 0.302. The number of aliphatic hydroxyl groups is 1. The Balaban J connectivity index is 0.000000956. The molecule has 0 amide bonds. The van der Waals surface area contributed by atoms with Gasteiger partial charge in [0.1, 0.15) is 0 Å². The highest BCUT2D eigenvalue weighted by atomic mass is 127. The van der Waals surface area contributed by atoms with Crippen molar-refractivity contribution >= 4 is 57.2 Å². The molecule has 5 heteroatoms. The summed E-state index contributed by atoms with van der Waals surface area (Å²) >= 11 is 5.85. The molecule has 2 aromatic rings. The SMILES string of the molecule is CC.OCCCCCc1cn(SI)c2ccc(Br)cc12. The van der Waals surface area contributed by atoms with Crippen LogP contribution in [-0.4, -0.2) is 15.7 Å². The van der Waals surface area contributed by atoms with Crippen LogP contribution in [0.4, 0.5) is 0 Å². The summed E-state index contributed by atoms with van der Waals surface area (Å²) in [7, 11) is 1.70. The second-order valence-corrected chi connectivity index (χ2v) is 6.87. The molecule has 112 valence electrons. The zero-order chi connectivity index (χ0) is 15.0. The van der Waals surface area contributed by atoms with Crippen molar-refractivity contribution in [3.05, 3.63) is 34.4 Å². The van der Waals surface area contributed by atoms with Gasteiger partial charge in [-0.05, 0) is 43.0 Å². The molecule has 2 rings (SSSR count). The summed E-state index contributed by atoms with van der Waals surface area (Å²) in [5.74, 6) is 0. The molecule has 0 fully saturated rings. The minimum atomic E-state index is 0.302. The highest BCUT2D eigenvalue weighted by Gasteiger charge is 2.08. The van der Waals surface area contributed by atoms with E-state index < -0.39 is 0 Å². The Morgan fingerprint density at radius 2 is 2.00 bits per heavy atom. The van der Waals surface area contributed by atoms with Gasteiger partial charge in [0.05, 0.1) is 5.52 Å². The Kier molecular flexibility index (Phi) is 9.24. The van der Waals surface area contributed by atoms with E-state index in [1.165, 1.54) is 16.5 Å². The topological polar surface area (TPSA) is 25.2 Å². The molecule has 0 aliphatic rings. The van der Waals surface area contributed by atoms with E-state index in [4.69, 9.17) is 5.11 Å². The molecule has 2 nitrogen and oxygen atoms in total. The first-order valence-electron chi connectivity index (χ1n) is 6.95. The summed E-state index contributed by atoms with van der Waals surface area (Å²) < 4.78 is 3.34. The third-order valence-corrected chi connectivity index (χ3v) is 5.21. The molecule has 0 radical (unpaired) electrons. The molecule has 1 aromatic heterocycles. The van der Waals surface area contributed by atoms with Gasteiger partial charge in [-0.15, -0.1) is 0 Å². The quantitative estimate of drug-likeness (QED) is 0.415. The first-order chi connectivity index (χ1) is 9.76. The number of hydrogen-bond acceptors (Lipinski definition) is 2. The van der Waals surface area contributed by atoms with Crippen LogP contribution in [0.2, 0.25) is 0 Å². The van der Waals surface area contributed by atoms with Crippen molar-refractivity contribution in [1.82, 2.24) is 3.97 Å². The summed E-state index contributed by atoms with van der Waals surface area (Å²) in [6, 6.07) is 6.43. The highest BCUT2D eigenvalue weighted by molar-refractivity contribution is 14.2. The lowest BCUT2D eigenvalue weighted by Crippen LogP contribution is -1.87. The molecule has 0 saturated heterocycles. The van der Waals surface area contributed by atoms with Crippen LogP contribution in [0.15, 0.2) is 28.9 Å². The van der Waals surface area contributed by atoms with E-state index in [1.807, 2.05) is 13.8 Å². The van der Waals surface area contributed by atoms with Crippen molar-refractivity contribution < 1.29 is 5.11 Å². The van der Waals surface area contributed by atoms with Crippen LogP contribution < -0.4 is 0 Å². The zero-order valence-corrected chi connectivity index (χ0v) is 16.5. The number of unbranched alkanes of at least 4 members (excludes halogenated alkanes) is 2. The smallest absolute Gasteiger partial charge is 0.0602 e. The Morgan fingerprint density at radius 1 is 1.25 bits per heavy atom. The Morgan fingerprint density at radius 3 is 2.65 bits per heavy atom. The average molecular weight is 470 g/mol. The van der Waals surface area contributed by atoms with Crippen LogP contribution >= 0.6 is 46.3 Å². The number of nitrogens with zero attached hydrogens (tertiary/aromatic N) is 1. The van der Waals surface area contributed by atoms with Gasteiger partial charge in [0.2, 0.25) is 0 Å². The van der Waals surface area contributed by atoms with E-state index in [0.29, 0.717) is 6.61 Å². The predicted octanol–water partition coefficient (Wildman–Crippen LogP) is 5.98. The maximum Gasteiger partial charge on any atom is 0.0602 e. The van der Waals surface area contributed by atoms with Crippen LogP contribution in [0.5, 0.6) is 0 Å². The molecule has 0 bridgehead atoms. The second-order valence-electron chi connectivity index (χ2n) is 4.24. The molecule has 0 atom stereocenters. The third kappa shape index (κ3) is 4.93. The molecule has 0 aliphatic carbocycles. The molecule has 1 heterocycles. The van der Waals surface area contributed by atoms with Gasteiger partial charge in [0, 0.05) is 53.0 Å². The van der Waals surface area contributed by atoms with E-state index >= 15 is 0 Å². The molecular weight excluding hydrogens is 449 g/mol. The van der Waals surface area contributed by atoms with Gasteiger partial charge in [-0.3, -0.25) is 3.97 Å². The predicted molar refractivity (Wildman–Crippen MR) is 103 cm³/mol. The number of benzene rings is 1. The maximum atomic E-state index is 8.80. The monoisotopic (exact) mass is 469 g/mol. The third-order valence-electron chi connectivity index (χ3n) is 2.99. The van der Waals surface area contributed by atoms with Crippen molar-refractivity contribution in [2.75, 3.05) is 6.61 Å². The number of hydrogen-bond donors (Lipinski definition) is 1. The van der Waals surface area contributed by atoms with E-state index in [1.54, 1.807) is 9.12 Å². The van der Waals surface area contributed by atoms with E-state index in [2.05, 4.69) is 65.5 Å². The standard InChI is InChI=1S/C13H15BrINOS.C2H6/c14-11-5-6-13-12(8-11)10(9-16(13)18-15)4-2-1-3-7-17;1-2/h5-6,8-9,17H,1-4,7H2;1-2H3. The summed E-state index contributed by atoms with van der Waals surface area (Å²) in [5, 5.41) is 10.1. The van der Waals surface area contributed by atoms with Crippen LogP contribution in [0.3, 0.4) is 0 Å². The molecule has 0 unspecified atom stereocenters. The fourth-order valence-corrected chi connectivity index (χ4v) is 3.84. The van der Waals surface area contributed by atoms with Crippen molar-refractivity contribution in [2.45, 2.75) is 39.5 Å². The van der Waals surface area contributed by atoms with Gasteiger partial charge in [-0.1, -0.05) is 36.2 Å². The number of halogens is 2. The Hall–Kier alpha value is 0.280. The van der Waals surface area contributed by atoms with Crippen LogP contribution in [0.1, 0.15) is 38.7 Å². The van der Waals surface area contributed by atoms with Gasteiger partial charge in [-0.2, -0.15) is 0 Å². The summed E-state index contributed by atoms with van der Waals surface area (Å²) in [4.78, 5) is 0. The molecule has 20 heavy (non-hydrogen) atoms. The molecule has 0 aliphatic heterocycles. The average Bonchev–Trinajstić information content (AvgIpc) is 2.83. The van der Waals surface area contributed by atoms with E-state index in [-0.39, 0.29) is 0 Å². The molecule has 1 N–H and O–H groups in total. The molecular formula is C15H21BrINOS. The number of fused-ring (bicyclic) bond motifs is 1. The lowest BCUT2D eigenvalue weighted by molar-refractivity contribution is 0.283. The first-order valence-corrected chi connectivity index (χ1v) is 11.1. The van der Waals surface area contributed by atoms with Gasteiger partial charge in [0.25, 0.3) is 0 Å². The number of aryl methyl sites for hydroxylation is 1. The first kappa shape index (κ1) is 18.3. The van der Waals surface area contributed by atoms with E-state index in [9.17, 15) is 0 Å². The normalized spacial score (nSPS) is 10.4. The van der Waals surface area contributed by atoms with E-state index in [0.717, 1.165) is 30.2 Å². The number of aliphatic hydroxyl groups excluding tert-OH is 1. The van der Waals surface area contributed by atoms with Crippen molar-refractivity contribution in [3.63, 3.8) is 0 Å². The fraction of sp³-hybridized carbons (Fsp3) is 0.467. The fourth-order valence-electron chi connectivity index (χ4n) is 2.10. The highest BCUT2D eigenvalue weighted by Crippen LogP contribution is 2.31. The van der Waals surface area contributed by atoms with Crippen LogP contribution in [0.25, 0.3) is 10.9 Å². The maximum absolute atomic E-state index is 8.80. The van der Waals surface area contributed by atoms with Crippen LogP contribution in [-0.2, 0) is 6.42 Å². The molecule has 0 saturated carbocycles. The van der Waals surface area contributed by atoms with Crippen molar-refractivity contribution in [2.24, 2.45) is 0 Å². The second kappa shape index (κ2) is 10.1.